The van der Waals surface area contributed by atoms with Gasteiger partial charge in [0.1, 0.15) is 0 Å². The molecule has 58 valence electrons. The van der Waals surface area contributed by atoms with Gasteiger partial charge in [-0.15, -0.1) is 0 Å². The molecule has 1 fully saturated rings. The van der Waals surface area contributed by atoms with Gasteiger partial charge in [0.2, 0.25) is 0 Å². The molecule has 0 spiro atoms. The minimum atomic E-state index is 0.726. The van der Waals surface area contributed by atoms with Crippen LogP contribution < -0.4 is 5.73 Å². The van der Waals surface area contributed by atoms with Gasteiger partial charge < -0.3 is 5.73 Å². The predicted octanol–water partition coefficient (Wildman–Crippen LogP) is 1.79. The van der Waals surface area contributed by atoms with E-state index in [1.54, 1.807) is 0 Å². The molecular formula is C8H15NS. The number of thioether (sulfide) groups is 1. The van der Waals surface area contributed by atoms with Crippen LogP contribution in [0.4, 0.5) is 0 Å². The summed E-state index contributed by atoms with van der Waals surface area (Å²) in [6, 6.07) is 0. The molecule has 1 saturated heterocycles. The van der Waals surface area contributed by atoms with Gasteiger partial charge in [0.05, 0.1) is 0 Å². The van der Waals surface area contributed by atoms with Crippen LogP contribution in [-0.4, -0.2) is 17.5 Å². The first-order valence-electron chi connectivity index (χ1n) is 3.84. The van der Waals surface area contributed by atoms with E-state index in [0.717, 1.165) is 18.2 Å². The molecule has 0 amide bonds. The van der Waals surface area contributed by atoms with Gasteiger partial charge in [-0.3, -0.25) is 0 Å². The fraction of sp³-hybridized carbons (Fsp3) is 0.750. The van der Waals surface area contributed by atoms with Gasteiger partial charge >= 0.3 is 0 Å². The molecule has 10 heavy (non-hydrogen) atoms. The highest BCUT2D eigenvalue weighted by Gasteiger charge is 2.17. The summed E-state index contributed by atoms with van der Waals surface area (Å²) < 4.78 is 0. The Bertz CT molecular complexity index is 116. The van der Waals surface area contributed by atoms with Gasteiger partial charge in [0, 0.05) is 5.25 Å². The molecule has 1 nitrogen and oxygen atoms in total. The lowest BCUT2D eigenvalue weighted by Gasteiger charge is -2.10. The highest BCUT2D eigenvalue weighted by molar-refractivity contribution is 8.00. The smallest absolute Gasteiger partial charge is 0.0254 e. The van der Waals surface area contributed by atoms with Gasteiger partial charge in [-0.25, -0.2) is 0 Å². The largest absolute Gasteiger partial charge is 0.330 e. The lowest BCUT2D eigenvalue weighted by molar-refractivity contribution is 0.808. The van der Waals surface area contributed by atoms with Gasteiger partial charge in [0.15, 0.2) is 0 Å². The van der Waals surface area contributed by atoms with E-state index in [2.05, 4.69) is 6.58 Å². The molecule has 0 aromatic carbocycles. The minimum absolute atomic E-state index is 0.726. The van der Waals surface area contributed by atoms with Gasteiger partial charge in [-0.05, 0) is 31.6 Å². The summed E-state index contributed by atoms with van der Waals surface area (Å²) in [7, 11) is 0. The van der Waals surface area contributed by atoms with E-state index in [-0.39, 0.29) is 0 Å². The Morgan fingerprint density at radius 2 is 2.50 bits per heavy atom. The Balaban J connectivity index is 2.25. The lowest BCUT2D eigenvalue weighted by atomic mass is 10.1. The van der Waals surface area contributed by atoms with E-state index in [0.29, 0.717) is 0 Å². The maximum absolute atomic E-state index is 5.43. The van der Waals surface area contributed by atoms with Crippen molar-refractivity contribution in [3.05, 3.63) is 12.2 Å². The fourth-order valence-corrected chi connectivity index (χ4v) is 2.55. The van der Waals surface area contributed by atoms with E-state index in [4.69, 9.17) is 5.73 Å². The summed E-state index contributed by atoms with van der Waals surface area (Å²) in [5.41, 5.74) is 6.78. The van der Waals surface area contributed by atoms with Crippen molar-refractivity contribution in [1.82, 2.24) is 0 Å². The fourth-order valence-electron chi connectivity index (χ4n) is 1.25. The Hall–Kier alpha value is 0.0500. The van der Waals surface area contributed by atoms with Crippen LogP contribution in [0.25, 0.3) is 0 Å². The van der Waals surface area contributed by atoms with Crippen LogP contribution in [0.5, 0.6) is 0 Å². The van der Waals surface area contributed by atoms with E-state index in [1.807, 2.05) is 11.8 Å². The molecule has 1 heterocycles. The Kier molecular flexibility index (Phi) is 3.29. The van der Waals surface area contributed by atoms with E-state index in [1.165, 1.54) is 24.2 Å². The first-order valence-corrected chi connectivity index (χ1v) is 4.89. The molecule has 0 aromatic heterocycles. The summed E-state index contributed by atoms with van der Waals surface area (Å²) >= 11 is 2.04. The maximum Gasteiger partial charge on any atom is 0.0254 e. The quantitative estimate of drug-likeness (QED) is 0.632. The highest BCUT2D eigenvalue weighted by atomic mass is 32.2. The molecule has 0 saturated carbocycles. The third-order valence-electron chi connectivity index (χ3n) is 1.85. The summed E-state index contributed by atoms with van der Waals surface area (Å²) in [5, 5.41) is 0.726. The molecule has 2 N–H and O–H groups in total. The highest BCUT2D eigenvalue weighted by Crippen LogP contribution is 2.31. The number of hydrogen-bond acceptors (Lipinski definition) is 2. The molecule has 2 heteroatoms. The molecule has 1 aliphatic rings. The van der Waals surface area contributed by atoms with Crippen molar-refractivity contribution in [3.63, 3.8) is 0 Å². The monoisotopic (exact) mass is 157 g/mol. The molecule has 1 atom stereocenters. The van der Waals surface area contributed by atoms with Crippen LogP contribution in [0.3, 0.4) is 0 Å². The maximum atomic E-state index is 5.43. The second-order valence-electron chi connectivity index (χ2n) is 2.70. The Morgan fingerprint density at radius 1 is 1.70 bits per heavy atom. The third kappa shape index (κ3) is 2.03. The zero-order valence-electron chi connectivity index (χ0n) is 6.31. The summed E-state index contributed by atoms with van der Waals surface area (Å²) in [6.45, 7) is 4.79. The average Bonchev–Trinajstić information content (AvgIpc) is 2.38. The second-order valence-corrected chi connectivity index (χ2v) is 4.01. The molecule has 0 aliphatic carbocycles. The van der Waals surface area contributed by atoms with Gasteiger partial charge in [-0.2, -0.15) is 11.8 Å². The minimum Gasteiger partial charge on any atom is -0.330 e. The van der Waals surface area contributed by atoms with E-state index >= 15 is 0 Å². The lowest BCUT2D eigenvalue weighted by Crippen LogP contribution is -2.07. The summed E-state index contributed by atoms with van der Waals surface area (Å²) in [4.78, 5) is 0. The molecule has 1 aliphatic heterocycles. The van der Waals surface area contributed by atoms with Crippen LogP contribution in [0.2, 0.25) is 0 Å². The Morgan fingerprint density at radius 3 is 3.00 bits per heavy atom. The van der Waals surface area contributed by atoms with Crippen molar-refractivity contribution in [2.75, 3.05) is 12.3 Å². The normalized spacial score (nSPS) is 25.1. The molecular weight excluding hydrogens is 142 g/mol. The molecule has 1 unspecified atom stereocenters. The number of nitrogens with two attached hydrogens (primary N) is 1. The molecule has 0 aromatic rings. The number of rotatable bonds is 3. The van der Waals surface area contributed by atoms with Crippen molar-refractivity contribution in [3.8, 4) is 0 Å². The third-order valence-corrected chi connectivity index (χ3v) is 3.35. The standard InChI is InChI=1S/C8H15NS/c1-7(4-5-9)8-3-2-6-10-8/h8H,1-6,9H2. The van der Waals surface area contributed by atoms with Crippen molar-refractivity contribution < 1.29 is 0 Å². The van der Waals surface area contributed by atoms with Crippen LogP contribution in [-0.2, 0) is 0 Å². The first-order chi connectivity index (χ1) is 4.84. The molecule has 1 rings (SSSR count). The van der Waals surface area contributed by atoms with Crippen molar-refractivity contribution in [2.24, 2.45) is 5.73 Å². The van der Waals surface area contributed by atoms with Gasteiger partial charge in [-0.1, -0.05) is 12.2 Å². The van der Waals surface area contributed by atoms with Crippen molar-refractivity contribution in [1.29, 1.82) is 0 Å². The second kappa shape index (κ2) is 4.04. The van der Waals surface area contributed by atoms with Crippen LogP contribution in [0, 0.1) is 0 Å². The molecule has 0 radical (unpaired) electrons. The SMILES string of the molecule is C=C(CCN)C1CCCS1. The van der Waals surface area contributed by atoms with Crippen LogP contribution >= 0.6 is 11.8 Å². The summed E-state index contributed by atoms with van der Waals surface area (Å²) in [6.07, 6.45) is 3.69. The van der Waals surface area contributed by atoms with Crippen molar-refractivity contribution >= 4 is 11.8 Å². The van der Waals surface area contributed by atoms with E-state index < -0.39 is 0 Å². The zero-order chi connectivity index (χ0) is 7.40. The zero-order valence-corrected chi connectivity index (χ0v) is 7.12. The number of hydrogen-bond donors (Lipinski definition) is 1. The predicted molar refractivity (Wildman–Crippen MR) is 48.3 cm³/mol. The Labute approximate surface area is 67.1 Å². The van der Waals surface area contributed by atoms with Crippen LogP contribution in [0.15, 0.2) is 12.2 Å². The average molecular weight is 157 g/mol. The van der Waals surface area contributed by atoms with Crippen LogP contribution in [0.1, 0.15) is 19.3 Å². The first kappa shape index (κ1) is 8.15. The topological polar surface area (TPSA) is 26.0 Å². The van der Waals surface area contributed by atoms with Crippen molar-refractivity contribution in [2.45, 2.75) is 24.5 Å². The molecule has 0 bridgehead atoms. The summed E-state index contributed by atoms with van der Waals surface area (Å²) in [5.74, 6) is 1.31. The van der Waals surface area contributed by atoms with E-state index in [9.17, 15) is 0 Å². The van der Waals surface area contributed by atoms with Gasteiger partial charge in [0.25, 0.3) is 0 Å².